The Kier molecular flexibility index (Phi) is 5.56. The number of aliphatic hydroxyl groups is 1. The van der Waals surface area contributed by atoms with Crippen LogP contribution in [0.3, 0.4) is 0 Å². The molecule has 1 N–H and O–H groups in total. The first-order chi connectivity index (χ1) is 5.26. The molecule has 0 spiro atoms. The minimum Gasteiger partial charge on any atom is -0.447 e. The first kappa shape index (κ1) is 10.2. The van der Waals surface area contributed by atoms with Crippen LogP contribution in [-0.4, -0.2) is 42.4 Å². The molecule has 1 amide bonds. The van der Waals surface area contributed by atoms with Crippen LogP contribution in [0.4, 0.5) is 4.79 Å². The highest BCUT2D eigenvalue weighted by atomic mass is 16.6. The van der Waals surface area contributed by atoms with Crippen molar-refractivity contribution in [2.24, 2.45) is 0 Å². The van der Waals surface area contributed by atoms with E-state index < -0.39 is 0 Å². The summed E-state index contributed by atoms with van der Waals surface area (Å²) in [7, 11) is 0. The third-order valence-electron chi connectivity index (χ3n) is 1.34. The highest BCUT2D eigenvalue weighted by Crippen LogP contribution is 1.91. The molecule has 0 saturated carbocycles. The molecule has 4 heteroatoms. The summed E-state index contributed by atoms with van der Waals surface area (Å²) in [6.07, 6.45) is -0.357. The minimum atomic E-state index is -0.357. The number of rotatable bonds is 4. The molecule has 0 saturated heterocycles. The predicted octanol–water partition coefficient (Wildman–Crippen LogP) is 0.457. The van der Waals surface area contributed by atoms with Crippen LogP contribution in [0.15, 0.2) is 0 Å². The van der Waals surface area contributed by atoms with Gasteiger partial charge in [0.1, 0.15) is 6.61 Å². The van der Waals surface area contributed by atoms with E-state index in [-0.39, 0.29) is 19.3 Å². The van der Waals surface area contributed by atoms with Gasteiger partial charge in [0.25, 0.3) is 0 Å². The quantitative estimate of drug-likeness (QED) is 0.651. The number of carbonyl (C=O) groups excluding carboxylic acids is 1. The van der Waals surface area contributed by atoms with Crippen molar-refractivity contribution < 1.29 is 14.6 Å². The molecule has 66 valence electrons. The molecule has 0 aromatic rings. The van der Waals surface area contributed by atoms with Gasteiger partial charge in [0.15, 0.2) is 0 Å². The van der Waals surface area contributed by atoms with Gasteiger partial charge in [-0.2, -0.15) is 0 Å². The Morgan fingerprint density at radius 2 is 2.00 bits per heavy atom. The number of hydrogen-bond acceptors (Lipinski definition) is 3. The van der Waals surface area contributed by atoms with Crippen molar-refractivity contribution in [1.29, 1.82) is 0 Å². The lowest BCUT2D eigenvalue weighted by Crippen LogP contribution is -2.31. The summed E-state index contributed by atoms with van der Waals surface area (Å²) in [4.78, 5) is 12.5. The fraction of sp³-hybridized carbons (Fsp3) is 0.857. The summed E-state index contributed by atoms with van der Waals surface area (Å²) in [6, 6.07) is 0. The molecule has 0 aliphatic heterocycles. The largest absolute Gasteiger partial charge is 0.447 e. The lowest BCUT2D eigenvalue weighted by molar-refractivity contribution is 0.0871. The Hall–Kier alpha value is -0.770. The normalized spacial score (nSPS) is 9.36. The van der Waals surface area contributed by atoms with Crippen molar-refractivity contribution in [3.05, 3.63) is 0 Å². The zero-order valence-corrected chi connectivity index (χ0v) is 7.04. The molecule has 11 heavy (non-hydrogen) atoms. The number of carbonyl (C=O) groups is 1. The second-order valence-corrected chi connectivity index (χ2v) is 2.01. The van der Waals surface area contributed by atoms with E-state index in [2.05, 4.69) is 4.74 Å². The van der Waals surface area contributed by atoms with E-state index in [0.29, 0.717) is 13.1 Å². The summed E-state index contributed by atoms with van der Waals surface area (Å²) in [5.41, 5.74) is 0. The zero-order chi connectivity index (χ0) is 8.69. The van der Waals surface area contributed by atoms with E-state index in [4.69, 9.17) is 5.11 Å². The van der Waals surface area contributed by atoms with Gasteiger partial charge in [-0.1, -0.05) is 0 Å². The maximum absolute atomic E-state index is 11.0. The smallest absolute Gasteiger partial charge is 0.409 e. The maximum atomic E-state index is 11.0. The molecule has 0 aliphatic carbocycles. The van der Waals surface area contributed by atoms with Gasteiger partial charge in [-0.15, -0.1) is 0 Å². The van der Waals surface area contributed by atoms with Crippen molar-refractivity contribution in [2.75, 3.05) is 26.3 Å². The van der Waals surface area contributed by atoms with E-state index >= 15 is 0 Å². The summed E-state index contributed by atoms with van der Waals surface area (Å²) < 4.78 is 4.67. The van der Waals surface area contributed by atoms with E-state index in [1.807, 2.05) is 13.8 Å². The molecule has 0 atom stereocenters. The van der Waals surface area contributed by atoms with Crippen LogP contribution in [0.25, 0.3) is 0 Å². The van der Waals surface area contributed by atoms with E-state index in [1.54, 1.807) is 4.90 Å². The van der Waals surface area contributed by atoms with Crippen molar-refractivity contribution in [3.63, 3.8) is 0 Å². The monoisotopic (exact) mass is 161 g/mol. The van der Waals surface area contributed by atoms with Crippen molar-refractivity contribution in [2.45, 2.75) is 13.8 Å². The fourth-order valence-electron chi connectivity index (χ4n) is 0.706. The number of aliphatic hydroxyl groups excluding tert-OH is 1. The molecular weight excluding hydrogens is 146 g/mol. The number of ether oxygens (including phenoxy) is 1. The van der Waals surface area contributed by atoms with Gasteiger partial charge in [0, 0.05) is 13.1 Å². The van der Waals surface area contributed by atoms with Gasteiger partial charge < -0.3 is 14.7 Å². The second-order valence-electron chi connectivity index (χ2n) is 2.01. The molecular formula is C7H15NO3. The lowest BCUT2D eigenvalue weighted by atomic mass is 10.5. The third-order valence-corrected chi connectivity index (χ3v) is 1.34. The van der Waals surface area contributed by atoms with Gasteiger partial charge in [0.2, 0.25) is 0 Å². The number of amides is 1. The number of nitrogens with zero attached hydrogens (tertiary/aromatic N) is 1. The van der Waals surface area contributed by atoms with Crippen molar-refractivity contribution >= 4 is 6.09 Å². The SMILES string of the molecule is CCN(CC)C(=O)OCCO. The minimum absolute atomic E-state index is 0.0787. The predicted molar refractivity (Wildman–Crippen MR) is 41.4 cm³/mol. The highest BCUT2D eigenvalue weighted by molar-refractivity contribution is 5.67. The average Bonchev–Trinajstić information content (AvgIpc) is 2.03. The standard InChI is InChI=1S/C7H15NO3/c1-3-8(4-2)7(10)11-6-5-9/h9H,3-6H2,1-2H3. The Bertz CT molecular complexity index is 112. The van der Waals surface area contributed by atoms with Crippen LogP contribution < -0.4 is 0 Å². The average molecular weight is 161 g/mol. The summed E-state index contributed by atoms with van der Waals surface area (Å²) >= 11 is 0. The van der Waals surface area contributed by atoms with Gasteiger partial charge in [-0.05, 0) is 13.8 Å². The van der Waals surface area contributed by atoms with Crippen molar-refractivity contribution in [3.8, 4) is 0 Å². The first-order valence-electron chi connectivity index (χ1n) is 3.78. The fourth-order valence-corrected chi connectivity index (χ4v) is 0.706. The van der Waals surface area contributed by atoms with Crippen LogP contribution in [0.1, 0.15) is 13.8 Å². The van der Waals surface area contributed by atoms with E-state index in [0.717, 1.165) is 0 Å². The molecule has 0 unspecified atom stereocenters. The molecule has 0 heterocycles. The van der Waals surface area contributed by atoms with Crippen LogP contribution in [-0.2, 0) is 4.74 Å². The van der Waals surface area contributed by atoms with Crippen LogP contribution in [0, 0.1) is 0 Å². The Morgan fingerprint density at radius 3 is 2.36 bits per heavy atom. The van der Waals surface area contributed by atoms with Crippen LogP contribution in [0.5, 0.6) is 0 Å². The molecule has 0 fully saturated rings. The zero-order valence-electron chi connectivity index (χ0n) is 7.04. The van der Waals surface area contributed by atoms with Gasteiger partial charge in [-0.3, -0.25) is 0 Å². The lowest BCUT2D eigenvalue weighted by Gasteiger charge is -2.17. The van der Waals surface area contributed by atoms with Crippen LogP contribution >= 0.6 is 0 Å². The molecule has 0 radical (unpaired) electrons. The molecule has 0 aliphatic rings. The number of hydrogen-bond donors (Lipinski definition) is 1. The molecule has 4 nitrogen and oxygen atoms in total. The van der Waals surface area contributed by atoms with Gasteiger partial charge >= 0.3 is 6.09 Å². The summed E-state index contributed by atoms with van der Waals surface area (Å²) in [5, 5.41) is 8.35. The van der Waals surface area contributed by atoms with Gasteiger partial charge in [0.05, 0.1) is 6.61 Å². The van der Waals surface area contributed by atoms with Gasteiger partial charge in [-0.25, -0.2) is 4.79 Å². The Balaban J connectivity index is 3.61. The second kappa shape index (κ2) is 5.97. The molecule has 0 bridgehead atoms. The topological polar surface area (TPSA) is 49.8 Å². The maximum Gasteiger partial charge on any atom is 0.409 e. The summed E-state index contributed by atoms with van der Waals surface area (Å²) in [5.74, 6) is 0. The molecule has 0 rings (SSSR count). The van der Waals surface area contributed by atoms with E-state index in [1.165, 1.54) is 0 Å². The third kappa shape index (κ3) is 3.83. The summed E-state index contributed by atoms with van der Waals surface area (Å²) in [6.45, 7) is 5.00. The Morgan fingerprint density at radius 1 is 1.45 bits per heavy atom. The van der Waals surface area contributed by atoms with E-state index in [9.17, 15) is 4.79 Å². The van der Waals surface area contributed by atoms with Crippen LogP contribution in [0.2, 0.25) is 0 Å². The highest BCUT2D eigenvalue weighted by Gasteiger charge is 2.08. The Labute approximate surface area is 66.8 Å². The molecule has 0 aromatic heterocycles. The first-order valence-corrected chi connectivity index (χ1v) is 3.78. The molecule has 0 aromatic carbocycles. The van der Waals surface area contributed by atoms with Crippen molar-refractivity contribution in [1.82, 2.24) is 4.90 Å².